The van der Waals surface area contributed by atoms with Crippen molar-refractivity contribution in [1.82, 2.24) is 15.0 Å². The second kappa shape index (κ2) is 13.0. The average molecular weight is 610 g/mol. The highest BCUT2D eigenvalue weighted by Gasteiger charge is 2.22. The number of hydrogen-bond donors (Lipinski definition) is 2. The Balaban J connectivity index is 0.00000423. The molecule has 0 amide bonds. The summed E-state index contributed by atoms with van der Waals surface area (Å²) in [7, 11) is -2.39. The molecule has 2 N–H and O–H groups in total. The minimum atomic E-state index is -2.39. The van der Waals surface area contributed by atoms with E-state index in [1.165, 1.54) is 30.5 Å². The van der Waals surface area contributed by atoms with Crippen LogP contribution in [0.15, 0.2) is 60.9 Å². The van der Waals surface area contributed by atoms with Gasteiger partial charge in [-0.3, -0.25) is 0 Å². The number of aryl methyl sites for hydroxylation is 2. The summed E-state index contributed by atoms with van der Waals surface area (Å²) in [5.74, 6) is -1.59. The molecular weight excluding hydrogens is 574 g/mol. The highest BCUT2D eigenvalue weighted by molar-refractivity contribution is 7.62. The maximum atomic E-state index is 15.3. The van der Waals surface area contributed by atoms with E-state index in [4.69, 9.17) is 4.74 Å². The van der Waals surface area contributed by atoms with Crippen molar-refractivity contribution in [1.29, 1.82) is 0 Å². The number of hydrogen-bond acceptors (Lipinski definition) is 4. The number of benzene rings is 3. The van der Waals surface area contributed by atoms with Crippen LogP contribution in [0.3, 0.4) is 0 Å². The van der Waals surface area contributed by atoms with Crippen LogP contribution in [0.4, 0.5) is 13.2 Å². The molecule has 0 aliphatic heterocycles. The number of nitrogens with one attached hydrogen (secondary N) is 2. The van der Waals surface area contributed by atoms with Crippen LogP contribution >= 0.6 is 7.14 Å². The Labute approximate surface area is 249 Å². The zero-order chi connectivity index (χ0) is 30.0. The predicted molar refractivity (Wildman–Crippen MR) is 165 cm³/mol. The van der Waals surface area contributed by atoms with Gasteiger partial charge >= 0.3 is 0 Å². The predicted octanol–water partition coefficient (Wildman–Crippen LogP) is 8.85. The van der Waals surface area contributed by atoms with Gasteiger partial charge < -0.3 is 24.1 Å². The Hall–Kier alpha value is -4.10. The van der Waals surface area contributed by atoms with Gasteiger partial charge in [0, 0.05) is 59.1 Å². The van der Waals surface area contributed by atoms with Crippen LogP contribution < -0.4 is 4.74 Å². The van der Waals surface area contributed by atoms with E-state index in [1.54, 1.807) is 37.7 Å². The highest BCUT2D eigenvalue weighted by Crippen LogP contribution is 2.41. The van der Waals surface area contributed by atoms with E-state index in [9.17, 15) is 9.36 Å². The molecule has 0 saturated carbocycles. The highest BCUT2D eigenvalue weighted by atomic mass is 31.2. The van der Waals surface area contributed by atoms with Gasteiger partial charge in [0.25, 0.3) is 0 Å². The number of aromatic amines is 2. The maximum Gasteiger partial charge on any atom is 0.168 e. The monoisotopic (exact) mass is 609 g/mol. The van der Waals surface area contributed by atoms with Crippen molar-refractivity contribution >= 4 is 24.3 Å². The Morgan fingerprint density at radius 2 is 1.84 bits per heavy atom. The third-order valence-corrected chi connectivity index (χ3v) is 8.65. The van der Waals surface area contributed by atoms with Gasteiger partial charge in [0.2, 0.25) is 0 Å². The van der Waals surface area contributed by atoms with Gasteiger partial charge in [0.15, 0.2) is 11.6 Å². The topological polar surface area (TPSA) is 87.8 Å². The number of imidazole rings is 1. The molecule has 5 rings (SSSR count). The zero-order valence-corrected chi connectivity index (χ0v) is 24.4. The van der Waals surface area contributed by atoms with Crippen LogP contribution in [0.2, 0.25) is 0 Å². The molecule has 0 fully saturated rings. The summed E-state index contributed by atoms with van der Waals surface area (Å²) >= 11 is 0. The number of H-pyrrole nitrogens is 2. The van der Waals surface area contributed by atoms with E-state index < -0.39 is 24.7 Å². The molecule has 1 atom stereocenters. The van der Waals surface area contributed by atoms with Crippen molar-refractivity contribution in [3.8, 4) is 22.9 Å². The van der Waals surface area contributed by atoms with Gasteiger partial charge in [-0.1, -0.05) is 32.5 Å². The minimum absolute atomic E-state index is 0. The van der Waals surface area contributed by atoms with Crippen molar-refractivity contribution in [2.24, 2.45) is 0 Å². The molecule has 5 aromatic rings. The quantitative estimate of drug-likeness (QED) is 0.116. The first-order valence-electron chi connectivity index (χ1n) is 13.6. The third kappa shape index (κ3) is 6.94. The van der Waals surface area contributed by atoms with Crippen molar-refractivity contribution in [2.75, 3.05) is 19.5 Å². The summed E-state index contributed by atoms with van der Waals surface area (Å²) in [5, 5.41) is 0.759. The number of aromatic nitrogens is 3. The fourth-order valence-corrected chi connectivity index (χ4v) is 5.79. The van der Waals surface area contributed by atoms with Crippen LogP contribution in [0.25, 0.3) is 22.3 Å². The molecule has 0 spiro atoms. The lowest BCUT2D eigenvalue weighted by atomic mass is 9.94. The second-order valence-electron chi connectivity index (χ2n) is 10.8. The summed E-state index contributed by atoms with van der Waals surface area (Å²) in [6.45, 7) is 5.18. The average Bonchev–Trinajstić information content (AvgIpc) is 3.62. The molecule has 6 nitrogen and oxygen atoms in total. The van der Waals surface area contributed by atoms with E-state index in [1.807, 2.05) is 13.0 Å². The summed E-state index contributed by atoms with van der Waals surface area (Å²) < 4.78 is 64.0. The Morgan fingerprint density at radius 3 is 2.58 bits per heavy atom. The standard InChI is InChI=1S/C32H31F3N3O3P.CH4/c1-19(22-8-4-6-20(30(22)35)7-5-14-39)29-18-37-32(38-29)25-16-21(9-10-26(25)33)41-31-24(12-15-42(2,3)40)23-11-13-36-28(23)17-27(31)34;/h4,6,8-11,13-14,16-19,36H,5,7,12,15H2,1-3H3,(H,37,38);1H4. The molecule has 226 valence electrons. The summed E-state index contributed by atoms with van der Waals surface area (Å²) in [4.78, 5) is 21.2. The van der Waals surface area contributed by atoms with E-state index in [0.717, 1.165) is 11.7 Å². The molecule has 2 aromatic heterocycles. The Kier molecular flexibility index (Phi) is 9.65. The number of carbonyl (C=O) groups excluding carboxylic acids is 1. The SMILES string of the molecule is C.CC(c1cnc(-c2cc(Oc3c(F)cc4[nH]ccc4c3CCP(C)(C)=O)ccc2F)[nH]1)c1cccc(CCC=O)c1F. The Bertz CT molecular complexity index is 1810. The van der Waals surface area contributed by atoms with Crippen LogP contribution in [-0.2, 0) is 22.2 Å². The van der Waals surface area contributed by atoms with E-state index in [-0.39, 0.29) is 42.6 Å². The summed E-state index contributed by atoms with van der Waals surface area (Å²) in [6.07, 6.45) is 5.22. The maximum absolute atomic E-state index is 15.3. The number of aldehydes is 1. The van der Waals surface area contributed by atoms with Gasteiger partial charge in [-0.05, 0) is 61.6 Å². The van der Waals surface area contributed by atoms with E-state index in [0.29, 0.717) is 46.9 Å². The van der Waals surface area contributed by atoms with Crippen LogP contribution in [-0.4, -0.2) is 40.7 Å². The molecule has 43 heavy (non-hydrogen) atoms. The van der Waals surface area contributed by atoms with E-state index in [2.05, 4.69) is 15.0 Å². The van der Waals surface area contributed by atoms with Gasteiger partial charge in [0.05, 0.1) is 12.7 Å². The fraction of sp³-hybridized carbons (Fsp3) is 0.273. The van der Waals surface area contributed by atoms with E-state index >= 15 is 13.2 Å². The molecule has 2 heterocycles. The van der Waals surface area contributed by atoms with Crippen molar-refractivity contribution < 1.29 is 27.3 Å². The number of rotatable bonds is 11. The molecule has 1 unspecified atom stereocenters. The van der Waals surface area contributed by atoms with Crippen molar-refractivity contribution in [2.45, 2.75) is 39.5 Å². The largest absolute Gasteiger partial charge is 0.454 e. The first-order valence-corrected chi connectivity index (χ1v) is 16.4. The molecule has 0 aliphatic carbocycles. The van der Waals surface area contributed by atoms with Crippen LogP contribution in [0.5, 0.6) is 11.5 Å². The van der Waals surface area contributed by atoms with Gasteiger partial charge in [0.1, 0.15) is 29.5 Å². The lowest BCUT2D eigenvalue weighted by Crippen LogP contribution is -2.03. The second-order valence-corrected chi connectivity index (χ2v) is 14.4. The molecule has 10 heteroatoms. The first-order chi connectivity index (χ1) is 20.1. The molecule has 0 radical (unpaired) electrons. The van der Waals surface area contributed by atoms with Crippen molar-refractivity contribution in [3.05, 3.63) is 101 Å². The number of halogens is 3. The van der Waals surface area contributed by atoms with Crippen LogP contribution in [0.1, 0.15) is 49.1 Å². The van der Waals surface area contributed by atoms with Crippen LogP contribution in [0, 0.1) is 17.5 Å². The number of ether oxygens (including phenoxy) is 1. The first kappa shape index (κ1) is 31.8. The molecular formula is C33H35F3N3O3P. The number of fused-ring (bicyclic) bond motifs is 1. The molecule has 0 aliphatic rings. The van der Waals surface area contributed by atoms with Gasteiger partial charge in [-0.2, -0.15) is 0 Å². The summed E-state index contributed by atoms with van der Waals surface area (Å²) in [6, 6.07) is 12.3. The summed E-state index contributed by atoms with van der Waals surface area (Å²) in [5.41, 5.74) is 2.72. The van der Waals surface area contributed by atoms with Gasteiger partial charge in [-0.25, -0.2) is 18.2 Å². The molecule has 0 saturated heterocycles. The fourth-order valence-electron chi connectivity index (χ4n) is 5.03. The number of carbonyl (C=O) groups is 1. The van der Waals surface area contributed by atoms with Crippen molar-refractivity contribution in [3.63, 3.8) is 0 Å². The smallest absolute Gasteiger partial charge is 0.168 e. The zero-order valence-electron chi connectivity index (χ0n) is 23.5. The molecule has 0 bridgehead atoms. The number of nitrogens with zero attached hydrogens (tertiary/aromatic N) is 1. The Morgan fingerprint density at radius 1 is 1.05 bits per heavy atom. The lowest BCUT2D eigenvalue weighted by molar-refractivity contribution is -0.107. The molecule has 3 aromatic carbocycles. The lowest BCUT2D eigenvalue weighted by Gasteiger charge is -2.16. The minimum Gasteiger partial charge on any atom is -0.454 e. The van der Waals surface area contributed by atoms with Gasteiger partial charge in [-0.15, -0.1) is 0 Å². The third-order valence-electron chi connectivity index (χ3n) is 7.35. The normalized spacial score (nSPS) is 12.2.